The maximum atomic E-state index is 5.09. The van der Waals surface area contributed by atoms with Gasteiger partial charge in [-0.1, -0.05) is 159 Å². The topological polar surface area (TPSA) is 48.5 Å². The summed E-state index contributed by atoms with van der Waals surface area (Å²) in [5.74, 6) is 1.97. The lowest BCUT2D eigenvalue weighted by Gasteiger charge is -2.12. The van der Waals surface area contributed by atoms with Crippen molar-refractivity contribution in [3.05, 3.63) is 200 Å². The molecule has 60 heavy (non-hydrogen) atoms. The van der Waals surface area contributed by atoms with Gasteiger partial charge in [-0.3, -0.25) is 0 Å². The highest BCUT2D eigenvalue weighted by Crippen LogP contribution is 2.42. The molecule has 0 atom stereocenters. The van der Waals surface area contributed by atoms with Gasteiger partial charge in [0.05, 0.1) is 22.1 Å². The molecule has 8 aromatic carbocycles. The van der Waals surface area contributed by atoms with E-state index in [1.165, 1.54) is 62.0 Å². The van der Waals surface area contributed by atoms with Crippen molar-refractivity contribution in [2.24, 2.45) is 0 Å². The highest BCUT2D eigenvalue weighted by Gasteiger charge is 2.21. The predicted molar refractivity (Wildman–Crippen MR) is 249 cm³/mol. The normalized spacial score (nSPS) is 11.6. The van der Waals surface area contributed by atoms with Crippen molar-refractivity contribution >= 4 is 43.6 Å². The van der Waals surface area contributed by atoms with E-state index in [9.17, 15) is 0 Å². The van der Waals surface area contributed by atoms with E-state index in [0.29, 0.717) is 17.5 Å². The van der Waals surface area contributed by atoms with Gasteiger partial charge in [0.2, 0.25) is 0 Å². The second-order valence-corrected chi connectivity index (χ2v) is 15.5. The molecule has 5 heteroatoms. The van der Waals surface area contributed by atoms with Gasteiger partial charge in [0.1, 0.15) is 0 Å². The third-order valence-corrected chi connectivity index (χ3v) is 11.7. The van der Waals surface area contributed by atoms with Gasteiger partial charge in [-0.25, -0.2) is 15.0 Å². The minimum Gasteiger partial charge on any atom is -0.309 e. The van der Waals surface area contributed by atoms with E-state index in [4.69, 9.17) is 15.0 Å². The lowest BCUT2D eigenvalue weighted by molar-refractivity contribution is 0.795. The third kappa shape index (κ3) is 6.14. The van der Waals surface area contributed by atoms with Crippen LogP contribution in [0.25, 0.3) is 100 Å². The summed E-state index contributed by atoms with van der Waals surface area (Å²) in [5, 5.41) is 4.96. The fraction of sp³-hybridized carbons (Fsp3) is 0.0727. The standard InChI is InChI=1S/C55H41N5/c1-2-3-16-37-29-31-39(32-30-37)54-56-53(38-17-6-4-7-18-38)57-55(58-54)42-21-14-19-40(35-42)41-20-15-24-44(36-41)59-49-28-13-11-26-47(49)51-50(59)34-33-46-45-25-10-12-27-48(45)60(52(46)51)43-22-8-5-9-23-43/h4-15,17-36H,2-3,16H2,1H3. The number of nitrogens with zero attached hydrogens (tertiary/aromatic N) is 5. The molecule has 0 radical (unpaired) electrons. The summed E-state index contributed by atoms with van der Waals surface area (Å²) in [6.07, 6.45) is 3.42. The van der Waals surface area contributed by atoms with E-state index >= 15 is 0 Å². The second kappa shape index (κ2) is 14.9. The van der Waals surface area contributed by atoms with Crippen LogP contribution >= 0.6 is 0 Å². The first kappa shape index (κ1) is 35.5. The van der Waals surface area contributed by atoms with Crippen LogP contribution in [0.3, 0.4) is 0 Å². The van der Waals surface area contributed by atoms with Gasteiger partial charge in [0, 0.05) is 49.6 Å². The first-order valence-electron chi connectivity index (χ1n) is 20.8. The molecule has 5 nitrogen and oxygen atoms in total. The molecule has 286 valence electrons. The Kier molecular flexibility index (Phi) is 8.85. The minimum absolute atomic E-state index is 0.645. The van der Waals surface area contributed by atoms with E-state index in [1.807, 2.05) is 18.2 Å². The summed E-state index contributed by atoms with van der Waals surface area (Å²) < 4.78 is 4.85. The number of benzene rings is 8. The number of unbranched alkanes of at least 4 members (excludes halogenated alkanes) is 1. The van der Waals surface area contributed by atoms with Crippen LogP contribution in [0.15, 0.2) is 194 Å². The van der Waals surface area contributed by atoms with Crippen molar-refractivity contribution in [1.82, 2.24) is 24.1 Å². The molecular formula is C55H41N5. The molecule has 0 aliphatic heterocycles. The molecule has 0 spiro atoms. The molecule has 11 rings (SSSR count). The average molecular weight is 772 g/mol. The molecule has 0 amide bonds. The molecule has 0 fully saturated rings. The quantitative estimate of drug-likeness (QED) is 0.147. The summed E-state index contributed by atoms with van der Waals surface area (Å²) >= 11 is 0. The summed E-state index contributed by atoms with van der Waals surface area (Å²) in [6.45, 7) is 2.23. The Bertz CT molecular complexity index is 3340. The lowest BCUT2D eigenvalue weighted by atomic mass is 10.0. The van der Waals surface area contributed by atoms with Gasteiger partial charge in [0.15, 0.2) is 17.5 Å². The van der Waals surface area contributed by atoms with Gasteiger partial charge in [0.25, 0.3) is 0 Å². The lowest BCUT2D eigenvalue weighted by Crippen LogP contribution is -2.00. The first-order chi connectivity index (χ1) is 29.7. The molecule has 0 unspecified atom stereocenters. The molecule has 0 saturated heterocycles. The number of hydrogen-bond acceptors (Lipinski definition) is 3. The Hall–Kier alpha value is -7.63. The average Bonchev–Trinajstić information content (AvgIpc) is 3.85. The fourth-order valence-corrected chi connectivity index (χ4v) is 8.85. The molecule has 0 N–H and O–H groups in total. The van der Waals surface area contributed by atoms with Crippen molar-refractivity contribution in [3.8, 4) is 56.7 Å². The van der Waals surface area contributed by atoms with Gasteiger partial charge in [-0.05, 0) is 78.1 Å². The summed E-state index contributed by atoms with van der Waals surface area (Å²) in [5.41, 5.74) is 13.4. The molecule has 0 bridgehead atoms. The SMILES string of the molecule is CCCCc1ccc(-c2nc(-c3ccccc3)nc(-c3cccc(-c4cccc(-n5c6ccccc6c6c5ccc5c7ccccc7n(-c7ccccc7)c56)c4)c3)n2)cc1. The zero-order valence-corrected chi connectivity index (χ0v) is 33.3. The van der Waals surface area contributed by atoms with Crippen molar-refractivity contribution in [2.75, 3.05) is 0 Å². The van der Waals surface area contributed by atoms with Crippen LogP contribution < -0.4 is 0 Å². The van der Waals surface area contributed by atoms with Crippen LogP contribution in [0.2, 0.25) is 0 Å². The zero-order chi connectivity index (χ0) is 40.0. The smallest absolute Gasteiger partial charge is 0.164 e. The van der Waals surface area contributed by atoms with Crippen LogP contribution in [0, 0.1) is 0 Å². The molecule has 0 aliphatic rings. The Morgan fingerprint density at radius 1 is 0.383 bits per heavy atom. The minimum atomic E-state index is 0.645. The first-order valence-corrected chi connectivity index (χ1v) is 20.8. The Labute approximate surface area is 348 Å². The molecular weight excluding hydrogens is 731 g/mol. The van der Waals surface area contributed by atoms with Gasteiger partial charge in [-0.2, -0.15) is 0 Å². The summed E-state index contributed by atoms with van der Waals surface area (Å²) in [7, 11) is 0. The molecule has 0 saturated carbocycles. The number of rotatable bonds is 9. The van der Waals surface area contributed by atoms with Gasteiger partial charge in [-0.15, -0.1) is 0 Å². The number of para-hydroxylation sites is 3. The van der Waals surface area contributed by atoms with Crippen LogP contribution in [0.4, 0.5) is 0 Å². The maximum absolute atomic E-state index is 5.09. The Balaban J connectivity index is 1.05. The highest BCUT2D eigenvalue weighted by molar-refractivity contribution is 6.26. The number of fused-ring (bicyclic) bond motifs is 7. The molecule has 11 aromatic rings. The van der Waals surface area contributed by atoms with Crippen LogP contribution in [-0.4, -0.2) is 24.1 Å². The van der Waals surface area contributed by atoms with Crippen molar-refractivity contribution < 1.29 is 0 Å². The van der Waals surface area contributed by atoms with Crippen LogP contribution in [0.5, 0.6) is 0 Å². The molecule has 3 heterocycles. The van der Waals surface area contributed by atoms with Gasteiger partial charge < -0.3 is 9.13 Å². The second-order valence-electron chi connectivity index (χ2n) is 15.5. The Morgan fingerprint density at radius 2 is 0.933 bits per heavy atom. The van der Waals surface area contributed by atoms with Crippen molar-refractivity contribution in [3.63, 3.8) is 0 Å². The summed E-state index contributed by atoms with van der Waals surface area (Å²) in [6, 6.07) is 69.2. The molecule has 3 aromatic heterocycles. The predicted octanol–water partition coefficient (Wildman–Crippen LogP) is 14.1. The third-order valence-electron chi connectivity index (χ3n) is 11.7. The zero-order valence-electron chi connectivity index (χ0n) is 33.3. The van der Waals surface area contributed by atoms with Crippen molar-refractivity contribution in [1.29, 1.82) is 0 Å². The van der Waals surface area contributed by atoms with Crippen LogP contribution in [-0.2, 0) is 6.42 Å². The van der Waals surface area contributed by atoms with E-state index in [0.717, 1.165) is 45.6 Å². The Morgan fingerprint density at radius 3 is 1.67 bits per heavy atom. The van der Waals surface area contributed by atoms with Crippen LogP contribution in [0.1, 0.15) is 25.3 Å². The monoisotopic (exact) mass is 771 g/mol. The fourth-order valence-electron chi connectivity index (χ4n) is 8.85. The van der Waals surface area contributed by atoms with E-state index in [-0.39, 0.29) is 0 Å². The highest BCUT2D eigenvalue weighted by atomic mass is 15.0. The van der Waals surface area contributed by atoms with E-state index in [2.05, 4.69) is 192 Å². The number of aromatic nitrogens is 5. The largest absolute Gasteiger partial charge is 0.309 e. The van der Waals surface area contributed by atoms with E-state index < -0.39 is 0 Å². The summed E-state index contributed by atoms with van der Waals surface area (Å²) in [4.78, 5) is 15.1. The molecule has 0 aliphatic carbocycles. The van der Waals surface area contributed by atoms with E-state index in [1.54, 1.807) is 0 Å². The number of aryl methyl sites for hydroxylation is 1. The van der Waals surface area contributed by atoms with Crippen molar-refractivity contribution in [2.45, 2.75) is 26.2 Å². The maximum Gasteiger partial charge on any atom is 0.164 e. The number of hydrogen-bond donors (Lipinski definition) is 0. The van der Waals surface area contributed by atoms with Gasteiger partial charge >= 0.3 is 0 Å².